The van der Waals surface area contributed by atoms with E-state index in [9.17, 15) is 4.79 Å². The highest BCUT2D eigenvalue weighted by molar-refractivity contribution is 6.04. The molecule has 29 heavy (non-hydrogen) atoms. The Balaban J connectivity index is 1.44. The van der Waals surface area contributed by atoms with E-state index >= 15 is 0 Å². The number of hydrogen-bond donors (Lipinski definition) is 2. The van der Waals surface area contributed by atoms with Gasteiger partial charge in [-0.15, -0.1) is 0 Å². The van der Waals surface area contributed by atoms with Gasteiger partial charge in [-0.3, -0.25) is 10.1 Å². The van der Waals surface area contributed by atoms with E-state index in [1.54, 1.807) is 7.11 Å². The normalized spacial score (nSPS) is 25.1. The van der Waals surface area contributed by atoms with Crippen LogP contribution in [0.2, 0.25) is 0 Å². The molecule has 0 fully saturated rings. The van der Waals surface area contributed by atoms with Crippen LogP contribution in [0.25, 0.3) is 0 Å². The summed E-state index contributed by atoms with van der Waals surface area (Å²) in [6.45, 7) is 0. The first-order chi connectivity index (χ1) is 14.2. The average Bonchev–Trinajstić information content (AvgIpc) is 3.15. The van der Waals surface area contributed by atoms with E-state index in [1.165, 1.54) is 0 Å². The first-order valence-corrected chi connectivity index (χ1v) is 9.85. The predicted octanol–water partition coefficient (Wildman–Crippen LogP) is 2.89. The maximum atomic E-state index is 12.7. The third-order valence-electron chi connectivity index (χ3n) is 5.49. The number of ether oxygens (including phenoxy) is 2. The van der Waals surface area contributed by atoms with Gasteiger partial charge in [0.05, 0.1) is 7.11 Å². The highest BCUT2D eigenvalue weighted by Crippen LogP contribution is 2.36. The molecular formula is C22H22N4O3. The Morgan fingerprint density at radius 1 is 1.21 bits per heavy atom. The highest BCUT2D eigenvalue weighted by Gasteiger charge is 2.34. The molecule has 0 amide bonds. The van der Waals surface area contributed by atoms with Gasteiger partial charge in [0, 0.05) is 17.7 Å². The Kier molecular flexibility index (Phi) is 4.42. The topological polar surface area (TPSA) is 84.3 Å². The minimum Gasteiger partial charge on any atom is -0.497 e. The Morgan fingerprint density at radius 2 is 2.07 bits per heavy atom. The lowest BCUT2D eigenvalue weighted by Crippen LogP contribution is -2.45. The number of fused-ring (bicyclic) bond motifs is 1. The number of nitrogens with zero attached hydrogens (tertiary/aromatic N) is 2. The monoisotopic (exact) mass is 390 g/mol. The maximum absolute atomic E-state index is 12.7. The summed E-state index contributed by atoms with van der Waals surface area (Å²) >= 11 is 0. The van der Waals surface area contributed by atoms with Crippen LogP contribution in [0.1, 0.15) is 37.3 Å². The van der Waals surface area contributed by atoms with Crippen molar-refractivity contribution in [3.05, 3.63) is 65.1 Å². The van der Waals surface area contributed by atoms with Crippen LogP contribution in [-0.4, -0.2) is 30.9 Å². The van der Waals surface area contributed by atoms with Crippen molar-refractivity contribution in [2.24, 2.45) is 9.98 Å². The molecule has 0 radical (unpaired) electrons. The van der Waals surface area contributed by atoms with Crippen molar-refractivity contribution in [2.45, 2.75) is 37.8 Å². The van der Waals surface area contributed by atoms with E-state index in [0.29, 0.717) is 18.4 Å². The Hall–Kier alpha value is -3.35. The molecule has 4 aliphatic rings. The Morgan fingerprint density at radius 3 is 2.86 bits per heavy atom. The molecule has 0 spiro atoms. The fraction of sp³-hybridized carbons (Fsp3) is 0.318. The third kappa shape index (κ3) is 3.33. The SMILES string of the molecule is COc1ccc(C2N=C(NC3=NC4CC=CC=C4O3)NC3=C2C(=O)CCC3)cc1. The highest BCUT2D eigenvalue weighted by atomic mass is 16.5. The third-order valence-corrected chi connectivity index (χ3v) is 5.49. The summed E-state index contributed by atoms with van der Waals surface area (Å²) in [5.41, 5.74) is 2.63. The molecule has 2 heterocycles. The summed E-state index contributed by atoms with van der Waals surface area (Å²) in [5.74, 6) is 2.31. The lowest BCUT2D eigenvalue weighted by Gasteiger charge is -2.30. The lowest BCUT2D eigenvalue weighted by atomic mass is 9.86. The molecule has 1 aromatic carbocycles. The molecule has 7 heteroatoms. The number of aliphatic imine (C=N–C) groups is 2. The zero-order valence-electron chi connectivity index (χ0n) is 16.1. The van der Waals surface area contributed by atoms with Crippen LogP contribution in [-0.2, 0) is 9.53 Å². The number of carbonyl (C=O) groups is 1. The van der Waals surface area contributed by atoms with Crippen molar-refractivity contribution >= 4 is 17.8 Å². The van der Waals surface area contributed by atoms with Crippen molar-refractivity contribution < 1.29 is 14.3 Å². The predicted molar refractivity (Wildman–Crippen MR) is 109 cm³/mol. The van der Waals surface area contributed by atoms with E-state index < -0.39 is 0 Å². The van der Waals surface area contributed by atoms with Crippen LogP contribution in [0.5, 0.6) is 5.75 Å². The van der Waals surface area contributed by atoms with Gasteiger partial charge >= 0.3 is 0 Å². The van der Waals surface area contributed by atoms with Gasteiger partial charge in [0.2, 0.25) is 5.96 Å². The molecular weight excluding hydrogens is 368 g/mol. The number of carbonyl (C=O) groups excluding carboxylic acids is 1. The van der Waals surface area contributed by atoms with Gasteiger partial charge in [-0.2, -0.15) is 0 Å². The second kappa shape index (κ2) is 7.24. The Labute approximate surface area is 168 Å². The summed E-state index contributed by atoms with van der Waals surface area (Å²) in [7, 11) is 1.63. The zero-order valence-corrected chi connectivity index (χ0v) is 16.1. The van der Waals surface area contributed by atoms with Gasteiger partial charge in [-0.05, 0) is 43.0 Å². The molecule has 0 bridgehead atoms. The van der Waals surface area contributed by atoms with E-state index in [2.05, 4.69) is 21.7 Å². The molecule has 2 unspecified atom stereocenters. The molecule has 7 nitrogen and oxygen atoms in total. The number of nitrogens with one attached hydrogen (secondary N) is 2. The first kappa shape index (κ1) is 17.7. The molecule has 148 valence electrons. The summed E-state index contributed by atoms with van der Waals surface area (Å²) in [6.07, 6.45) is 9.03. The summed E-state index contributed by atoms with van der Waals surface area (Å²) in [6, 6.07) is 7.78. The molecule has 0 saturated carbocycles. The fourth-order valence-corrected chi connectivity index (χ4v) is 4.03. The molecule has 2 N–H and O–H groups in total. The number of methoxy groups -OCH3 is 1. The second-order valence-electron chi connectivity index (χ2n) is 7.36. The van der Waals surface area contributed by atoms with E-state index in [1.807, 2.05) is 36.4 Å². The number of allylic oxidation sites excluding steroid dienone is 3. The van der Waals surface area contributed by atoms with Crippen molar-refractivity contribution in [2.75, 3.05) is 7.11 Å². The number of benzene rings is 1. The van der Waals surface area contributed by atoms with E-state index in [4.69, 9.17) is 14.5 Å². The van der Waals surface area contributed by atoms with Crippen molar-refractivity contribution in [3.63, 3.8) is 0 Å². The molecule has 2 aliphatic heterocycles. The summed E-state index contributed by atoms with van der Waals surface area (Å²) in [5, 5.41) is 6.47. The molecule has 0 aromatic heterocycles. The maximum Gasteiger partial charge on any atom is 0.297 e. The van der Waals surface area contributed by atoms with Crippen LogP contribution < -0.4 is 15.4 Å². The number of amidine groups is 1. The number of ketones is 1. The largest absolute Gasteiger partial charge is 0.497 e. The van der Waals surface area contributed by atoms with E-state index in [0.717, 1.165) is 47.6 Å². The molecule has 2 aliphatic carbocycles. The minimum absolute atomic E-state index is 0.0233. The van der Waals surface area contributed by atoms with Crippen molar-refractivity contribution in [1.82, 2.24) is 10.6 Å². The number of hydrogen-bond acceptors (Lipinski definition) is 7. The van der Waals surface area contributed by atoms with E-state index in [-0.39, 0.29) is 17.9 Å². The Bertz CT molecular complexity index is 1000. The molecule has 2 atom stereocenters. The van der Waals surface area contributed by atoms with Gasteiger partial charge in [-0.25, -0.2) is 9.98 Å². The van der Waals surface area contributed by atoms with Gasteiger partial charge in [0.1, 0.15) is 23.6 Å². The fourth-order valence-electron chi connectivity index (χ4n) is 4.03. The number of guanidine groups is 1. The number of rotatable bonds is 2. The van der Waals surface area contributed by atoms with Crippen LogP contribution in [0.3, 0.4) is 0 Å². The zero-order chi connectivity index (χ0) is 19.8. The van der Waals surface area contributed by atoms with Crippen molar-refractivity contribution in [3.8, 4) is 5.75 Å². The van der Waals surface area contributed by atoms with Crippen LogP contribution in [0.4, 0.5) is 0 Å². The minimum atomic E-state index is -0.363. The average molecular weight is 390 g/mol. The van der Waals surface area contributed by atoms with Crippen LogP contribution in [0.15, 0.2) is 69.5 Å². The van der Waals surface area contributed by atoms with Gasteiger partial charge in [0.25, 0.3) is 6.02 Å². The second-order valence-corrected chi connectivity index (χ2v) is 7.36. The number of Topliss-reactive ketones (excluding diaryl/α,β-unsaturated/α-hetero) is 1. The molecule has 5 rings (SSSR count). The summed E-state index contributed by atoms with van der Waals surface area (Å²) in [4.78, 5) is 22.1. The van der Waals surface area contributed by atoms with Gasteiger partial charge in [-0.1, -0.05) is 24.3 Å². The smallest absolute Gasteiger partial charge is 0.297 e. The summed E-state index contributed by atoms with van der Waals surface area (Å²) < 4.78 is 11.1. The van der Waals surface area contributed by atoms with Gasteiger partial charge in [0.15, 0.2) is 5.78 Å². The standard InChI is InChI=1S/C22H22N4O3/c1-28-14-11-9-13(10-12-14)20-19-16(6-4-7-17(19)27)23-21(25-20)26-22-24-15-5-2-3-8-18(15)29-22/h2-3,8-12,15,20H,4-7H2,1H3,(H2,23,24,25,26). The quantitative estimate of drug-likeness (QED) is 0.811. The first-order valence-electron chi connectivity index (χ1n) is 9.85. The van der Waals surface area contributed by atoms with Gasteiger partial charge < -0.3 is 14.8 Å². The molecule has 1 aromatic rings. The van der Waals surface area contributed by atoms with Crippen LogP contribution >= 0.6 is 0 Å². The lowest BCUT2D eigenvalue weighted by molar-refractivity contribution is -0.116. The van der Waals surface area contributed by atoms with Crippen molar-refractivity contribution in [1.29, 1.82) is 0 Å². The van der Waals surface area contributed by atoms with Crippen LogP contribution in [0, 0.1) is 0 Å². The molecule has 0 saturated heterocycles.